The molecule has 0 saturated carbocycles. The second-order valence-corrected chi connectivity index (χ2v) is 8.87. The van der Waals surface area contributed by atoms with Gasteiger partial charge in [0.25, 0.3) is 0 Å². The highest BCUT2D eigenvalue weighted by molar-refractivity contribution is 6.32. The lowest BCUT2D eigenvalue weighted by Gasteiger charge is -2.34. The fourth-order valence-corrected chi connectivity index (χ4v) is 4.25. The van der Waals surface area contributed by atoms with Gasteiger partial charge in [-0.05, 0) is 57.1 Å². The van der Waals surface area contributed by atoms with Crippen molar-refractivity contribution < 1.29 is 19.1 Å². The molecule has 1 unspecified atom stereocenters. The van der Waals surface area contributed by atoms with Crippen LogP contribution in [0.4, 0.5) is 4.79 Å². The van der Waals surface area contributed by atoms with Crippen molar-refractivity contribution in [2.75, 3.05) is 13.1 Å². The Balaban J connectivity index is 1.70. The van der Waals surface area contributed by atoms with E-state index in [4.69, 9.17) is 16.3 Å². The van der Waals surface area contributed by atoms with Gasteiger partial charge in [-0.25, -0.2) is 4.79 Å². The van der Waals surface area contributed by atoms with E-state index < -0.39 is 11.5 Å². The third kappa shape index (κ3) is 4.66. The number of nitrogens with one attached hydrogen (secondary N) is 1. The van der Waals surface area contributed by atoms with Gasteiger partial charge in [0.2, 0.25) is 11.8 Å². The normalized spacial score (nSPS) is 21.4. The molecule has 2 fully saturated rings. The summed E-state index contributed by atoms with van der Waals surface area (Å²) in [4.78, 5) is 37.6. The number of hydrogen-bond acceptors (Lipinski definition) is 4. The molecule has 7 heteroatoms. The van der Waals surface area contributed by atoms with E-state index in [1.165, 1.54) is 0 Å². The average molecular weight is 407 g/mol. The zero-order valence-electron chi connectivity index (χ0n) is 16.6. The molecule has 0 aromatic heterocycles. The van der Waals surface area contributed by atoms with Crippen LogP contribution in [0, 0.1) is 0 Å². The van der Waals surface area contributed by atoms with Crippen LogP contribution in [0.25, 0.3) is 0 Å². The zero-order valence-corrected chi connectivity index (χ0v) is 17.3. The summed E-state index contributed by atoms with van der Waals surface area (Å²) in [5.41, 5.74) is 1.28. The molecule has 2 saturated heterocycles. The molecule has 2 heterocycles. The number of ether oxygens (including phenoxy) is 1. The first-order valence-electron chi connectivity index (χ1n) is 9.75. The van der Waals surface area contributed by atoms with Crippen LogP contribution < -0.4 is 5.32 Å². The minimum Gasteiger partial charge on any atom is -0.444 e. The summed E-state index contributed by atoms with van der Waals surface area (Å²) < 4.78 is 5.45. The smallest absolute Gasteiger partial charge is 0.410 e. The molecule has 3 amide bonds. The van der Waals surface area contributed by atoms with Gasteiger partial charge in [-0.3, -0.25) is 14.9 Å². The monoisotopic (exact) mass is 406 g/mol. The van der Waals surface area contributed by atoms with E-state index in [-0.39, 0.29) is 23.8 Å². The summed E-state index contributed by atoms with van der Waals surface area (Å²) in [5.74, 6) is -0.690. The van der Waals surface area contributed by atoms with Gasteiger partial charge in [0.05, 0.1) is 5.92 Å². The second kappa shape index (κ2) is 8.11. The highest BCUT2D eigenvalue weighted by Gasteiger charge is 2.32. The molecule has 3 rings (SSSR count). The topological polar surface area (TPSA) is 75.7 Å². The van der Waals surface area contributed by atoms with Crippen molar-refractivity contribution in [2.45, 2.75) is 63.9 Å². The minimum atomic E-state index is -0.506. The summed E-state index contributed by atoms with van der Waals surface area (Å²) in [7, 11) is 0. The third-order valence-corrected chi connectivity index (χ3v) is 5.70. The Morgan fingerprint density at radius 1 is 1.14 bits per heavy atom. The number of benzene rings is 1. The lowest BCUT2D eigenvalue weighted by atomic mass is 9.84. The number of likely N-dealkylation sites (tertiary alicyclic amines) is 1. The Kier molecular flexibility index (Phi) is 5.98. The van der Waals surface area contributed by atoms with Gasteiger partial charge in [-0.15, -0.1) is 0 Å². The summed E-state index contributed by atoms with van der Waals surface area (Å²) in [6.07, 6.45) is 2.10. The van der Waals surface area contributed by atoms with E-state index >= 15 is 0 Å². The fourth-order valence-electron chi connectivity index (χ4n) is 3.84. The molecule has 0 aliphatic carbocycles. The highest BCUT2D eigenvalue weighted by Crippen LogP contribution is 2.38. The Morgan fingerprint density at radius 3 is 2.39 bits per heavy atom. The molecular formula is C21H27ClN2O4. The van der Waals surface area contributed by atoms with Crippen molar-refractivity contribution >= 4 is 29.5 Å². The van der Waals surface area contributed by atoms with Crippen molar-refractivity contribution in [3.63, 3.8) is 0 Å². The summed E-state index contributed by atoms with van der Waals surface area (Å²) >= 11 is 6.69. The van der Waals surface area contributed by atoms with E-state index in [9.17, 15) is 14.4 Å². The van der Waals surface area contributed by atoms with Crippen LogP contribution >= 0.6 is 11.6 Å². The number of carbonyl (C=O) groups excluding carboxylic acids is 3. The summed E-state index contributed by atoms with van der Waals surface area (Å²) in [6.45, 7) is 6.80. The number of hydrogen-bond donors (Lipinski definition) is 1. The summed E-state index contributed by atoms with van der Waals surface area (Å²) in [6, 6.07) is 5.77. The molecule has 0 spiro atoms. The van der Waals surface area contributed by atoms with E-state index in [2.05, 4.69) is 5.32 Å². The Hall–Kier alpha value is -2.08. The van der Waals surface area contributed by atoms with E-state index in [0.29, 0.717) is 31.0 Å². The van der Waals surface area contributed by atoms with E-state index in [1.807, 2.05) is 39.0 Å². The van der Waals surface area contributed by atoms with Crippen LogP contribution in [0.5, 0.6) is 0 Å². The molecule has 152 valence electrons. The maximum atomic E-state index is 12.3. The van der Waals surface area contributed by atoms with Crippen molar-refractivity contribution in [3.05, 3.63) is 34.3 Å². The van der Waals surface area contributed by atoms with Crippen molar-refractivity contribution in [3.8, 4) is 0 Å². The standard InChI is InChI=1S/C21H27ClN2O4/c1-21(2,3)28-20(27)24-11-9-13(10-12-24)14-5-4-6-15(18(14)22)16-7-8-17(25)23-19(16)26/h4-6,13,16H,7-12H2,1-3H3,(H,23,25,26). The number of nitrogens with zero attached hydrogens (tertiary/aromatic N) is 1. The molecule has 1 aromatic rings. The Morgan fingerprint density at radius 2 is 1.79 bits per heavy atom. The van der Waals surface area contributed by atoms with E-state index in [1.54, 1.807) is 4.90 Å². The molecule has 0 radical (unpaired) electrons. The van der Waals surface area contributed by atoms with Gasteiger partial charge in [0.1, 0.15) is 5.60 Å². The molecule has 2 aliphatic heterocycles. The first kappa shape index (κ1) is 20.6. The fraction of sp³-hybridized carbons (Fsp3) is 0.571. The minimum absolute atomic E-state index is 0.222. The number of halogens is 1. The molecule has 1 aromatic carbocycles. The maximum Gasteiger partial charge on any atom is 0.410 e. The van der Waals surface area contributed by atoms with Crippen molar-refractivity contribution in [1.82, 2.24) is 10.2 Å². The molecule has 28 heavy (non-hydrogen) atoms. The van der Waals surface area contributed by atoms with E-state index in [0.717, 1.165) is 24.0 Å². The number of carbonyl (C=O) groups is 3. The molecular weight excluding hydrogens is 380 g/mol. The molecule has 2 aliphatic rings. The predicted molar refractivity (Wildman–Crippen MR) is 106 cm³/mol. The third-order valence-electron chi connectivity index (χ3n) is 5.26. The van der Waals surface area contributed by atoms with Gasteiger partial charge in [-0.1, -0.05) is 29.8 Å². The lowest BCUT2D eigenvalue weighted by molar-refractivity contribution is -0.134. The second-order valence-electron chi connectivity index (χ2n) is 8.50. The number of imide groups is 1. The zero-order chi connectivity index (χ0) is 20.5. The predicted octanol–water partition coefficient (Wildman–Crippen LogP) is 3.97. The quantitative estimate of drug-likeness (QED) is 0.754. The average Bonchev–Trinajstić information content (AvgIpc) is 2.61. The van der Waals surface area contributed by atoms with Crippen molar-refractivity contribution in [1.29, 1.82) is 0 Å². The van der Waals surface area contributed by atoms with Crippen LogP contribution in [-0.2, 0) is 14.3 Å². The lowest BCUT2D eigenvalue weighted by Crippen LogP contribution is -2.41. The Bertz CT molecular complexity index is 779. The van der Waals surface area contributed by atoms with Gasteiger partial charge in [-0.2, -0.15) is 0 Å². The largest absolute Gasteiger partial charge is 0.444 e. The van der Waals surface area contributed by atoms with Gasteiger partial charge in [0.15, 0.2) is 0 Å². The number of rotatable bonds is 2. The van der Waals surface area contributed by atoms with Crippen LogP contribution in [-0.4, -0.2) is 41.5 Å². The summed E-state index contributed by atoms with van der Waals surface area (Å²) in [5, 5.41) is 3.00. The first-order chi connectivity index (χ1) is 13.2. The highest BCUT2D eigenvalue weighted by atomic mass is 35.5. The van der Waals surface area contributed by atoms with Gasteiger partial charge < -0.3 is 9.64 Å². The molecule has 1 N–H and O–H groups in total. The molecule has 1 atom stereocenters. The Labute approximate surface area is 170 Å². The first-order valence-corrected chi connectivity index (χ1v) is 10.1. The van der Waals surface area contributed by atoms with Gasteiger partial charge in [0, 0.05) is 24.5 Å². The molecule has 6 nitrogen and oxygen atoms in total. The SMILES string of the molecule is CC(C)(C)OC(=O)N1CCC(c2cccc(C3CCC(=O)NC3=O)c2Cl)CC1. The maximum absolute atomic E-state index is 12.3. The van der Waals surface area contributed by atoms with Crippen LogP contribution in [0.1, 0.15) is 69.4 Å². The number of amides is 3. The molecule has 0 bridgehead atoms. The van der Waals surface area contributed by atoms with Crippen LogP contribution in [0.2, 0.25) is 5.02 Å². The van der Waals surface area contributed by atoms with Crippen LogP contribution in [0.15, 0.2) is 18.2 Å². The van der Waals surface area contributed by atoms with Crippen LogP contribution in [0.3, 0.4) is 0 Å². The van der Waals surface area contributed by atoms with Gasteiger partial charge >= 0.3 is 6.09 Å². The number of piperidine rings is 2. The van der Waals surface area contributed by atoms with Crippen molar-refractivity contribution in [2.24, 2.45) is 0 Å².